The summed E-state index contributed by atoms with van der Waals surface area (Å²) in [6, 6.07) is 5.46. The van der Waals surface area contributed by atoms with Crippen LogP contribution in [0.25, 0.3) is 10.9 Å². The Hall–Kier alpha value is -1.19. The van der Waals surface area contributed by atoms with Gasteiger partial charge in [0.1, 0.15) is 5.69 Å². The molecule has 1 aromatic heterocycles. The Labute approximate surface area is 102 Å². The van der Waals surface area contributed by atoms with Crippen LogP contribution in [0.4, 0.5) is 0 Å². The lowest BCUT2D eigenvalue weighted by Gasteiger charge is -2.17. The van der Waals surface area contributed by atoms with Crippen LogP contribution in [-0.4, -0.2) is 17.0 Å². The Morgan fingerprint density at radius 1 is 1.31 bits per heavy atom. The van der Waals surface area contributed by atoms with Gasteiger partial charge >= 0.3 is 0 Å². The number of aromatic nitrogens is 1. The summed E-state index contributed by atoms with van der Waals surface area (Å²) in [5.74, 6) is -0.0605. The molecule has 0 saturated heterocycles. The van der Waals surface area contributed by atoms with Gasteiger partial charge in [0, 0.05) is 18.5 Å². The van der Waals surface area contributed by atoms with E-state index >= 15 is 0 Å². The maximum atomic E-state index is 11.6. The zero-order valence-electron chi connectivity index (χ0n) is 8.26. The number of hydrogen-bond donors (Lipinski definition) is 1. The second-order valence-corrected chi connectivity index (χ2v) is 4.52. The highest BCUT2D eigenvalue weighted by molar-refractivity contribution is 6.45. The molecule has 0 spiro atoms. The summed E-state index contributed by atoms with van der Waals surface area (Å²) in [5, 5.41) is 4.77. The predicted molar refractivity (Wildman–Crippen MR) is 64.3 cm³/mol. The van der Waals surface area contributed by atoms with Gasteiger partial charge in [0.15, 0.2) is 0 Å². The van der Waals surface area contributed by atoms with E-state index in [4.69, 9.17) is 23.2 Å². The van der Waals surface area contributed by atoms with E-state index in [9.17, 15) is 4.79 Å². The molecule has 0 aliphatic carbocycles. The summed E-state index contributed by atoms with van der Waals surface area (Å²) in [4.78, 5) is 11.6. The Balaban J connectivity index is 2.42. The fourth-order valence-corrected chi connectivity index (χ4v) is 2.51. The van der Waals surface area contributed by atoms with Crippen LogP contribution < -0.4 is 5.32 Å². The van der Waals surface area contributed by atoms with E-state index in [1.807, 2.05) is 16.7 Å². The van der Waals surface area contributed by atoms with E-state index in [0.29, 0.717) is 22.3 Å². The van der Waals surface area contributed by atoms with Crippen LogP contribution in [0.3, 0.4) is 0 Å². The monoisotopic (exact) mass is 254 g/mol. The second kappa shape index (κ2) is 3.40. The van der Waals surface area contributed by atoms with E-state index in [2.05, 4.69) is 5.32 Å². The van der Waals surface area contributed by atoms with Crippen molar-refractivity contribution in [2.75, 3.05) is 6.54 Å². The van der Waals surface area contributed by atoms with Crippen molar-refractivity contribution in [1.82, 2.24) is 9.88 Å². The molecule has 0 unspecified atom stereocenters. The molecular formula is C11H8Cl2N2O. The molecular weight excluding hydrogens is 247 g/mol. The number of rotatable bonds is 0. The summed E-state index contributed by atoms with van der Waals surface area (Å²) in [6.45, 7) is 1.35. The maximum absolute atomic E-state index is 11.6. The van der Waals surface area contributed by atoms with Gasteiger partial charge in [-0.2, -0.15) is 0 Å². The molecule has 0 radical (unpaired) electrons. The van der Waals surface area contributed by atoms with Gasteiger partial charge in [-0.1, -0.05) is 29.3 Å². The number of amides is 1. The molecule has 3 nitrogen and oxygen atoms in total. The van der Waals surface area contributed by atoms with Crippen LogP contribution in [0, 0.1) is 0 Å². The van der Waals surface area contributed by atoms with Crippen molar-refractivity contribution in [3.05, 3.63) is 33.9 Å². The summed E-state index contributed by atoms with van der Waals surface area (Å²) in [7, 11) is 0. The number of nitrogens with zero attached hydrogens (tertiary/aromatic N) is 1. The summed E-state index contributed by atoms with van der Waals surface area (Å²) < 4.78 is 1.92. The fraction of sp³-hybridized carbons (Fsp3) is 0.182. The number of carbonyl (C=O) groups is 1. The van der Waals surface area contributed by atoms with Gasteiger partial charge in [-0.05, 0) is 12.1 Å². The lowest BCUT2D eigenvalue weighted by Crippen LogP contribution is -2.34. The van der Waals surface area contributed by atoms with Crippen molar-refractivity contribution in [3.8, 4) is 0 Å². The first kappa shape index (κ1) is 10.00. The number of carbonyl (C=O) groups excluding carboxylic acids is 1. The van der Waals surface area contributed by atoms with Crippen molar-refractivity contribution in [2.24, 2.45) is 0 Å². The van der Waals surface area contributed by atoms with E-state index in [-0.39, 0.29) is 5.91 Å². The van der Waals surface area contributed by atoms with Crippen molar-refractivity contribution < 1.29 is 4.79 Å². The quantitative estimate of drug-likeness (QED) is 0.771. The normalized spacial score (nSPS) is 15.0. The van der Waals surface area contributed by atoms with Gasteiger partial charge in [-0.25, -0.2) is 0 Å². The van der Waals surface area contributed by atoms with Crippen LogP contribution in [0.1, 0.15) is 10.5 Å². The molecule has 0 atom stereocenters. The first-order valence-electron chi connectivity index (χ1n) is 4.94. The minimum atomic E-state index is -0.0605. The minimum Gasteiger partial charge on any atom is -0.349 e. The standard InChI is InChI=1S/C11H8Cl2N2O/c12-7-2-1-6-5-8-11(16)14-3-4-15(8)10(6)9(7)13/h1-2,5H,3-4H2,(H,14,16). The molecule has 1 aliphatic rings. The molecule has 2 heterocycles. The third-order valence-corrected chi connectivity index (χ3v) is 3.60. The summed E-state index contributed by atoms with van der Waals surface area (Å²) >= 11 is 12.1. The molecule has 16 heavy (non-hydrogen) atoms. The third kappa shape index (κ3) is 1.25. The third-order valence-electron chi connectivity index (χ3n) is 2.81. The fourth-order valence-electron chi connectivity index (χ4n) is 2.08. The van der Waals surface area contributed by atoms with E-state index in [1.54, 1.807) is 6.07 Å². The molecule has 82 valence electrons. The second-order valence-electron chi connectivity index (χ2n) is 3.74. The molecule has 3 rings (SSSR count). The molecule has 1 N–H and O–H groups in total. The van der Waals surface area contributed by atoms with E-state index < -0.39 is 0 Å². The van der Waals surface area contributed by atoms with E-state index in [0.717, 1.165) is 17.4 Å². The molecule has 0 saturated carbocycles. The summed E-state index contributed by atoms with van der Waals surface area (Å²) in [6.07, 6.45) is 0. The maximum Gasteiger partial charge on any atom is 0.268 e. The van der Waals surface area contributed by atoms with Crippen molar-refractivity contribution >= 4 is 40.0 Å². The predicted octanol–water partition coefficient (Wildman–Crippen LogP) is 2.69. The van der Waals surface area contributed by atoms with E-state index in [1.165, 1.54) is 0 Å². The van der Waals surface area contributed by atoms with Gasteiger partial charge in [-0.3, -0.25) is 4.79 Å². The SMILES string of the molecule is O=C1NCCn2c1cc1ccc(Cl)c(Cl)c12. The Kier molecular flexibility index (Phi) is 2.13. The molecule has 1 amide bonds. The van der Waals surface area contributed by atoms with Crippen molar-refractivity contribution in [2.45, 2.75) is 6.54 Å². The molecule has 1 aliphatic heterocycles. The average molecular weight is 255 g/mol. The van der Waals surface area contributed by atoms with Crippen LogP contribution in [0.2, 0.25) is 10.0 Å². The molecule has 0 fully saturated rings. The van der Waals surface area contributed by atoms with Crippen molar-refractivity contribution in [3.63, 3.8) is 0 Å². The highest BCUT2D eigenvalue weighted by atomic mass is 35.5. The lowest BCUT2D eigenvalue weighted by molar-refractivity contribution is 0.0929. The number of fused-ring (bicyclic) bond motifs is 3. The first-order chi connectivity index (χ1) is 7.68. The van der Waals surface area contributed by atoms with Crippen molar-refractivity contribution in [1.29, 1.82) is 0 Å². The van der Waals surface area contributed by atoms with Gasteiger partial charge < -0.3 is 9.88 Å². The zero-order valence-corrected chi connectivity index (χ0v) is 9.77. The van der Waals surface area contributed by atoms with Gasteiger partial charge in [0.05, 0.1) is 15.6 Å². The first-order valence-corrected chi connectivity index (χ1v) is 5.69. The van der Waals surface area contributed by atoms with Gasteiger partial charge in [-0.15, -0.1) is 0 Å². The molecule has 0 bridgehead atoms. The number of nitrogens with one attached hydrogen (secondary N) is 1. The number of hydrogen-bond acceptors (Lipinski definition) is 1. The van der Waals surface area contributed by atoms with Gasteiger partial charge in [0.25, 0.3) is 5.91 Å². The van der Waals surface area contributed by atoms with Crippen LogP contribution in [0.5, 0.6) is 0 Å². The Bertz CT molecular complexity index is 604. The smallest absolute Gasteiger partial charge is 0.268 e. The molecule has 2 aromatic rings. The Morgan fingerprint density at radius 3 is 2.94 bits per heavy atom. The van der Waals surface area contributed by atoms with Crippen LogP contribution >= 0.6 is 23.2 Å². The largest absolute Gasteiger partial charge is 0.349 e. The average Bonchev–Trinajstić information content (AvgIpc) is 2.64. The Morgan fingerprint density at radius 2 is 2.12 bits per heavy atom. The minimum absolute atomic E-state index is 0.0605. The zero-order chi connectivity index (χ0) is 11.3. The van der Waals surface area contributed by atoms with Crippen LogP contribution in [-0.2, 0) is 6.54 Å². The van der Waals surface area contributed by atoms with Crippen LogP contribution in [0.15, 0.2) is 18.2 Å². The molecule has 1 aromatic carbocycles. The topological polar surface area (TPSA) is 34.0 Å². The highest BCUT2D eigenvalue weighted by Gasteiger charge is 2.21. The number of benzene rings is 1. The summed E-state index contributed by atoms with van der Waals surface area (Å²) in [5.41, 5.74) is 1.49. The molecule has 5 heteroatoms. The van der Waals surface area contributed by atoms with Gasteiger partial charge in [0.2, 0.25) is 0 Å². The highest BCUT2D eigenvalue weighted by Crippen LogP contribution is 2.33. The number of halogens is 2. The lowest BCUT2D eigenvalue weighted by atomic mass is 10.2.